The van der Waals surface area contributed by atoms with E-state index in [1.165, 1.54) is 0 Å². The molecule has 0 aliphatic carbocycles. The number of phenolic OH excluding ortho intramolecular Hbond substituents is 1. The number of aromatic amines is 1. The van der Waals surface area contributed by atoms with Gasteiger partial charge in [-0.25, -0.2) is 4.98 Å². The first-order valence-corrected chi connectivity index (χ1v) is 10.8. The number of phenols is 1. The average Bonchev–Trinajstić information content (AvgIpc) is 2.86. The molecule has 33 heavy (non-hydrogen) atoms. The summed E-state index contributed by atoms with van der Waals surface area (Å²) in [6.07, 6.45) is 1.63. The maximum atomic E-state index is 12.4. The van der Waals surface area contributed by atoms with Crippen LogP contribution >= 0.6 is 0 Å². The quantitative estimate of drug-likeness (QED) is 0.342. The molecule has 2 heterocycles. The third kappa shape index (κ3) is 4.54. The molecule has 5 nitrogen and oxygen atoms in total. The molecule has 2 aromatic heterocycles. The molecule has 0 saturated heterocycles. The Hall–Kier alpha value is -4.22. The number of nitrogens with one attached hydrogen (secondary N) is 2. The molecule has 0 amide bonds. The Morgan fingerprint density at radius 2 is 1.45 bits per heavy atom. The minimum atomic E-state index is -0.140. The van der Waals surface area contributed by atoms with E-state index in [-0.39, 0.29) is 11.3 Å². The summed E-state index contributed by atoms with van der Waals surface area (Å²) in [4.78, 5) is 20.0. The van der Waals surface area contributed by atoms with Gasteiger partial charge in [0.05, 0.1) is 16.6 Å². The van der Waals surface area contributed by atoms with Crippen LogP contribution in [-0.4, -0.2) is 15.1 Å². The van der Waals surface area contributed by atoms with Gasteiger partial charge in [0, 0.05) is 30.4 Å². The van der Waals surface area contributed by atoms with E-state index in [0.29, 0.717) is 10.9 Å². The fraction of sp³-hybridized carbons (Fsp3) is 0.0714. The zero-order chi connectivity index (χ0) is 22.6. The molecule has 5 aromatic rings. The van der Waals surface area contributed by atoms with E-state index in [9.17, 15) is 9.90 Å². The molecule has 5 heteroatoms. The number of hydrogen-bond acceptors (Lipinski definition) is 4. The van der Waals surface area contributed by atoms with Gasteiger partial charge in [-0.3, -0.25) is 4.79 Å². The second kappa shape index (κ2) is 9.10. The third-order valence-corrected chi connectivity index (χ3v) is 5.66. The van der Waals surface area contributed by atoms with Crippen LogP contribution in [0, 0.1) is 0 Å². The van der Waals surface area contributed by atoms with Gasteiger partial charge in [-0.15, -0.1) is 0 Å². The summed E-state index contributed by atoms with van der Waals surface area (Å²) in [7, 11) is 0. The van der Waals surface area contributed by atoms with E-state index in [0.717, 1.165) is 46.6 Å². The van der Waals surface area contributed by atoms with Crippen molar-refractivity contribution in [1.82, 2.24) is 15.3 Å². The fourth-order valence-corrected chi connectivity index (χ4v) is 3.91. The molecule has 3 aromatic carbocycles. The molecule has 0 fully saturated rings. The molecule has 0 aliphatic heterocycles. The average molecular weight is 434 g/mol. The fourth-order valence-electron chi connectivity index (χ4n) is 3.91. The van der Waals surface area contributed by atoms with E-state index in [1.54, 1.807) is 18.3 Å². The Bertz CT molecular complexity index is 1440. The largest absolute Gasteiger partial charge is 0.508 e. The highest BCUT2D eigenvalue weighted by Crippen LogP contribution is 2.32. The second-order valence-electron chi connectivity index (χ2n) is 7.96. The highest BCUT2D eigenvalue weighted by Gasteiger charge is 2.13. The number of nitrogens with zero attached hydrogens (tertiary/aromatic N) is 1. The summed E-state index contributed by atoms with van der Waals surface area (Å²) in [5.74, 6) is 0.274. The predicted molar refractivity (Wildman–Crippen MR) is 132 cm³/mol. The smallest absolute Gasteiger partial charge is 0.257 e. The Balaban J connectivity index is 1.43. The van der Waals surface area contributed by atoms with Crippen LogP contribution in [0.25, 0.3) is 33.3 Å². The van der Waals surface area contributed by atoms with E-state index < -0.39 is 0 Å². The minimum absolute atomic E-state index is 0.140. The predicted octanol–water partition coefficient (Wildman–Crippen LogP) is 5.25. The Morgan fingerprint density at radius 1 is 0.788 bits per heavy atom. The SMILES string of the molecule is O=c1[nH]ccc2nc(-c3ccc(CNCc4ccc(O)cc4)cc3)c(-c3ccccc3)cc12. The number of hydrogen-bond donors (Lipinski definition) is 3. The first-order chi connectivity index (χ1) is 16.2. The van der Waals surface area contributed by atoms with Gasteiger partial charge in [0.25, 0.3) is 5.56 Å². The summed E-state index contributed by atoms with van der Waals surface area (Å²) in [5, 5.41) is 13.4. The van der Waals surface area contributed by atoms with Gasteiger partial charge in [0.1, 0.15) is 5.75 Å². The van der Waals surface area contributed by atoms with Crippen LogP contribution in [0.4, 0.5) is 0 Å². The Morgan fingerprint density at radius 3 is 2.15 bits per heavy atom. The van der Waals surface area contributed by atoms with Gasteiger partial charge in [-0.05, 0) is 41.0 Å². The van der Waals surface area contributed by atoms with Crippen molar-refractivity contribution in [3.63, 3.8) is 0 Å². The Labute approximate surface area is 191 Å². The van der Waals surface area contributed by atoms with E-state index >= 15 is 0 Å². The number of H-pyrrole nitrogens is 1. The first kappa shape index (κ1) is 20.7. The molecule has 0 spiro atoms. The molecule has 162 valence electrons. The third-order valence-electron chi connectivity index (χ3n) is 5.66. The van der Waals surface area contributed by atoms with E-state index in [4.69, 9.17) is 4.98 Å². The molecule has 3 N–H and O–H groups in total. The zero-order valence-corrected chi connectivity index (χ0v) is 18.0. The number of aromatic nitrogens is 2. The topological polar surface area (TPSA) is 78.0 Å². The zero-order valence-electron chi connectivity index (χ0n) is 18.0. The van der Waals surface area contributed by atoms with Gasteiger partial charge in [-0.1, -0.05) is 66.7 Å². The molecular formula is C28H23N3O2. The summed E-state index contributed by atoms with van der Waals surface area (Å²) in [6, 6.07) is 29.3. The van der Waals surface area contributed by atoms with Gasteiger partial charge in [0.2, 0.25) is 0 Å². The summed E-state index contributed by atoms with van der Waals surface area (Å²) in [6.45, 7) is 1.45. The van der Waals surface area contributed by atoms with Crippen LogP contribution in [0.5, 0.6) is 5.75 Å². The van der Waals surface area contributed by atoms with Gasteiger partial charge in [-0.2, -0.15) is 0 Å². The second-order valence-corrected chi connectivity index (χ2v) is 7.96. The summed E-state index contributed by atoms with van der Waals surface area (Å²) >= 11 is 0. The molecule has 0 unspecified atom stereocenters. The normalized spacial score (nSPS) is 11.0. The lowest BCUT2D eigenvalue weighted by molar-refractivity contribution is 0.475. The number of aromatic hydroxyl groups is 1. The minimum Gasteiger partial charge on any atom is -0.508 e. The van der Waals surface area contributed by atoms with Crippen molar-refractivity contribution in [2.45, 2.75) is 13.1 Å². The van der Waals surface area contributed by atoms with Crippen LogP contribution in [0.1, 0.15) is 11.1 Å². The standard InChI is InChI=1S/C28H23N3O2/c32-23-12-8-20(9-13-23)18-29-17-19-6-10-22(11-7-19)27-24(21-4-2-1-3-5-21)16-25-26(31-27)14-15-30-28(25)33/h1-16,29,32H,17-18H2,(H,30,33). The van der Waals surface area contributed by atoms with E-state index in [2.05, 4.69) is 34.6 Å². The van der Waals surface area contributed by atoms with Gasteiger partial charge < -0.3 is 15.4 Å². The molecule has 5 rings (SSSR count). The van der Waals surface area contributed by atoms with Crippen molar-refractivity contribution in [2.75, 3.05) is 0 Å². The van der Waals surface area contributed by atoms with Crippen LogP contribution in [0.15, 0.2) is 102 Å². The van der Waals surface area contributed by atoms with Crippen LogP contribution in [-0.2, 0) is 13.1 Å². The van der Waals surface area contributed by atoms with E-state index in [1.807, 2.05) is 54.6 Å². The Kier molecular flexibility index (Phi) is 5.70. The van der Waals surface area contributed by atoms with Crippen molar-refractivity contribution in [3.8, 4) is 28.1 Å². The number of benzene rings is 3. The van der Waals surface area contributed by atoms with Crippen molar-refractivity contribution in [1.29, 1.82) is 0 Å². The maximum absolute atomic E-state index is 12.4. The van der Waals surface area contributed by atoms with Crippen LogP contribution in [0.2, 0.25) is 0 Å². The lowest BCUT2D eigenvalue weighted by atomic mass is 9.97. The molecule has 0 bridgehead atoms. The molecule has 0 saturated carbocycles. The molecular weight excluding hydrogens is 410 g/mol. The van der Waals surface area contributed by atoms with Crippen LogP contribution < -0.4 is 10.9 Å². The van der Waals surface area contributed by atoms with Crippen molar-refractivity contribution >= 4 is 10.9 Å². The first-order valence-electron chi connectivity index (χ1n) is 10.8. The molecule has 0 aliphatic rings. The summed E-state index contributed by atoms with van der Waals surface area (Å²) < 4.78 is 0. The van der Waals surface area contributed by atoms with Crippen LogP contribution in [0.3, 0.4) is 0 Å². The number of pyridine rings is 2. The maximum Gasteiger partial charge on any atom is 0.257 e. The lowest BCUT2D eigenvalue weighted by Gasteiger charge is -2.12. The van der Waals surface area contributed by atoms with Crippen molar-refractivity contribution in [2.24, 2.45) is 0 Å². The van der Waals surface area contributed by atoms with Gasteiger partial charge in [0.15, 0.2) is 0 Å². The number of fused-ring (bicyclic) bond motifs is 1. The van der Waals surface area contributed by atoms with Gasteiger partial charge >= 0.3 is 0 Å². The van der Waals surface area contributed by atoms with Crippen molar-refractivity contribution < 1.29 is 5.11 Å². The highest BCUT2D eigenvalue weighted by molar-refractivity contribution is 5.91. The molecule has 0 atom stereocenters. The summed E-state index contributed by atoms with van der Waals surface area (Å²) in [5.41, 5.74) is 6.61. The lowest BCUT2D eigenvalue weighted by Crippen LogP contribution is -2.12. The van der Waals surface area contributed by atoms with Crippen molar-refractivity contribution in [3.05, 3.63) is 119 Å². The monoisotopic (exact) mass is 433 g/mol. The number of rotatable bonds is 6. The highest BCUT2D eigenvalue weighted by atomic mass is 16.3. The molecule has 0 radical (unpaired) electrons.